The Hall–Kier alpha value is -4.04. The van der Waals surface area contributed by atoms with Crippen molar-refractivity contribution in [3.8, 4) is 10.4 Å². The second-order valence-corrected chi connectivity index (χ2v) is 17.6. The standard InChI is InChI=1S/C40H60N6O7S/c1-25(27-14-16-28(17-15-27)33-26(2)42-24-54-33)43-36(50)31-21-30(47)23-46(31)37(51)34(39(3,4)5)44-32(48)13-11-9-10-12-19-41-35(49)29-18-20-45(22-29)38(52)53-40(6,7)8/h14-17,24-25,29-31,34,47H,9-13,18-23H2,1-8H3,(H,41,49)(H,43,50)(H,44,48)/t25?,29-,30-,31+,34?/m1/s1. The van der Waals surface area contributed by atoms with Gasteiger partial charge in [-0.15, -0.1) is 11.3 Å². The summed E-state index contributed by atoms with van der Waals surface area (Å²) < 4.78 is 5.41. The number of aromatic nitrogens is 1. The van der Waals surface area contributed by atoms with Crippen molar-refractivity contribution in [2.75, 3.05) is 26.2 Å². The van der Waals surface area contributed by atoms with Crippen molar-refractivity contribution in [1.29, 1.82) is 0 Å². The maximum absolute atomic E-state index is 14.0. The van der Waals surface area contributed by atoms with Gasteiger partial charge in [0.2, 0.25) is 23.6 Å². The highest BCUT2D eigenvalue weighted by Crippen LogP contribution is 2.30. The highest BCUT2D eigenvalue weighted by Gasteiger charge is 2.44. The average molecular weight is 769 g/mol. The summed E-state index contributed by atoms with van der Waals surface area (Å²) in [7, 11) is 0. The van der Waals surface area contributed by atoms with E-state index < -0.39 is 41.2 Å². The number of aryl methyl sites for hydroxylation is 1. The fourth-order valence-corrected chi connectivity index (χ4v) is 7.65. The summed E-state index contributed by atoms with van der Waals surface area (Å²) in [6.45, 7) is 16.3. The number of likely N-dealkylation sites (tertiary alicyclic amines) is 2. The molecule has 2 aliphatic rings. The molecule has 298 valence electrons. The first kappa shape index (κ1) is 42.7. The third-order valence-corrected chi connectivity index (χ3v) is 10.9. The van der Waals surface area contributed by atoms with E-state index in [9.17, 15) is 29.1 Å². The highest BCUT2D eigenvalue weighted by atomic mass is 32.1. The molecule has 13 nitrogen and oxygen atoms in total. The Morgan fingerprint density at radius 1 is 0.963 bits per heavy atom. The number of carbonyl (C=O) groups is 5. The van der Waals surface area contributed by atoms with Crippen molar-refractivity contribution >= 4 is 41.1 Å². The summed E-state index contributed by atoms with van der Waals surface area (Å²) in [6, 6.07) is 5.86. The van der Waals surface area contributed by atoms with Gasteiger partial charge in [-0.2, -0.15) is 0 Å². The number of hydrogen-bond acceptors (Lipinski definition) is 9. The van der Waals surface area contributed by atoms with E-state index in [0.29, 0.717) is 32.5 Å². The lowest BCUT2D eigenvalue weighted by atomic mass is 9.85. The van der Waals surface area contributed by atoms with E-state index in [4.69, 9.17) is 4.74 Å². The first-order valence-electron chi connectivity index (χ1n) is 19.2. The van der Waals surface area contributed by atoms with Gasteiger partial charge < -0.3 is 35.6 Å². The van der Waals surface area contributed by atoms with Gasteiger partial charge in [0.25, 0.3) is 0 Å². The van der Waals surface area contributed by atoms with Crippen LogP contribution in [0.25, 0.3) is 10.4 Å². The number of rotatable bonds is 14. The van der Waals surface area contributed by atoms with Crippen molar-refractivity contribution in [3.05, 3.63) is 41.0 Å². The summed E-state index contributed by atoms with van der Waals surface area (Å²) in [5.74, 6) is -1.31. The van der Waals surface area contributed by atoms with Crippen LogP contribution in [0.4, 0.5) is 4.79 Å². The smallest absolute Gasteiger partial charge is 0.410 e. The lowest BCUT2D eigenvalue weighted by Gasteiger charge is -2.35. The van der Waals surface area contributed by atoms with Gasteiger partial charge in [0.1, 0.15) is 17.7 Å². The van der Waals surface area contributed by atoms with Gasteiger partial charge in [-0.25, -0.2) is 9.78 Å². The molecular weight excluding hydrogens is 709 g/mol. The Morgan fingerprint density at radius 2 is 1.65 bits per heavy atom. The number of aliphatic hydroxyl groups is 1. The molecule has 2 fully saturated rings. The molecule has 2 saturated heterocycles. The van der Waals surface area contributed by atoms with Crippen LogP contribution in [0, 0.1) is 18.3 Å². The molecular formula is C40H60N6O7S. The summed E-state index contributed by atoms with van der Waals surface area (Å²) in [6.07, 6.45) is 2.69. The number of amides is 5. The van der Waals surface area contributed by atoms with Crippen molar-refractivity contribution < 1.29 is 33.8 Å². The van der Waals surface area contributed by atoms with Gasteiger partial charge in [0.05, 0.1) is 34.1 Å². The number of ether oxygens (including phenoxy) is 1. The number of β-amino-alcohol motifs (C(OH)–C–C–N with tert-alkyl or cyclic N) is 1. The Kier molecular flexibility index (Phi) is 14.7. The van der Waals surface area contributed by atoms with Crippen molar-refractivity contribution in [2.45, 2.75) is 130 Å². The van der Waals surface area contributed by atoms with Gasteiger partial charge in [0.15, 0.2) is 0 Å². The zero-order valence-corrected chi connectivity index (χ0v) is 34.0. The van der Waals surface area contributed by atoms with Crippen LogP contribution in [0.2, 0.25) is 0 Å². The number of thiazole rings is 1. The molecule has 14 heteroatoms. The Labute approximate surface area is 324 Å². The number of carbonyl (C=O) groups excluding carboxylic acids is 5. The van der Waals surface area contributed by atoms with Crippen molar-refractivity contribution in [2.24, 2.45) is 11.3 Å². The Morgan fingerprint density at radius 3 is 2.28 bits per heavy atom. The second-order valence-electron chi connectivity index (χ2n) is 16.7. The number of aliphatic hydroxyl groups excluding tert-OH is 1. The molecule has 0 spiro atoms. The molecule has 54 heavy (non-hydrogen) atoms. The van der Waals surface area contributed by atoms with Gasteiger partial charge in [-0.05, 0) is 70.4 Å². The molecule has 2 aliphatic heterocycles. The summed E-state index contributed by atoms with van der Waals surface area (Å²) in [5.41, 5.74) is 3.52. The van der Waals surface area contributed by atoms with Crippen LogP contribution in [0.3, 0.4) is 0 Å². The zero-order chi connectivity index (χ0) is 39.8. The van der Waals surface area contributed by atoms with E-state index in [1.54, 1.807) is 16.2 Å². The minimum Gasteiger partial charge on any atom is -0.444 e. The molecule has 0 radical (unpaired) electrons. The fourth-order valence-electron chi connectivity index (χ4n) is 6.84. The molecule has 0 aliphatic carbocycles. The molecule has 2 aromatic rings. The Balaban J connectivity index is 1.20. The fraction of sp³-hybridized carbons (Fsp3) is 0.650. The van der Waals surface area contributed by atoms with Crippen LogP contribution in [-0.4, -0.2) is 99.6 Å². The maximum Gasteiger partial charge on any atom is 0.410 e. The van der Waals surface area contributed by atoms with E-state index in [-0.39, 0.29) is 49.1 Å². The normalized spacial score (nSPS) is 20.0. The monoisotopic (exact) mass is 768 g/mol. The molecule has 1 aromatic heterocycles. The molecule has 2 unspecified atom stereocenters. The van der Waals surface area contributed by atoms with E-state index in [1.165, 1.54) is 4.90 Å². The van der Waals surface area contributed by atoms with Crippen LogP contribution in [0.5, 0.6) is 0 Å². The van der Waals surface area contributed by atoms with Crippen LogP contribution < -0.4 is 16.0 Å². The summed E-state index contributed by atoms with van der Waals surface area (Å²) >= 11 is 1.58. The van der Waals surface area contributed by atoms with E-state index in [1.807, 2.05) is 85.2 Å². The second kappa shape index (κ2) is 18.5. The Bertz CT molecular complexity index is 1620. The van der Waals surface area contributed by atoms with E-state index in [0.717, 1.165) is 41.0 Å². The lowest BCUT2D eigenvalue weighted by molar-refractivity contribution is -0.144. The van der Waals surface area contributed by atoms with Crippen molar-refractivity contribution in [1.82, 2.24) is 30.7 Å². The van der Waals surface area contributed by atoms with Crippen LogP contribution >= 0.6 is 11.3 Å². The van der Waals surface area contributed by atoms with Crippen molar-refractivity contribution in [3.63, 3.8) is 0 Å². The maximum atomic E-state index is 14.0. The first-order chi connectivity index (χ1) is 25.3. The van der Waals surface area contributed by atoms with Gasteiger partial charge in [-0.3, -0.25) is 19.2 Å². The number of nitrogens with zero attached hydrogens (tertiary/aromatic N) is 3. The van der Waals surface area contributed by atoms with Gasteiger partial charge in [-0.1, -0.05) is 57.9 Å². The third kappa shape index (κ3) is 12.0. The van der Waals surface area contributed by atoms with E-state index in [2.05, 4.69) is 20.9 Å². The minimum absolute atomic E-state index is 0.00985. The number of benzene rings is 1. The predicted octanol–water partition coefficient (Wildman–Crippen LogP) is 5.11. The summed E-state index contributed by atoms with van der Waals surface area (Å²) in [4.78, 5) is 74.0. The van der Waals surface area contributed by atoms with Crippen LogP contribution in [-0.2, 0) is 23.9 Å². The third-order valence-electron chi connectivity index (χ3n) is 9.90. The number of unbranched alkanes of at least 4 members (excludes halogenated alkanes) is 3. The average Bonchev–Trinajstić information content (AvgIpc) is 3.85. The largest absolute Gasteiger partial charge is 0.444 e. The molecule has 4 rings (SSSR count). The highest BCUT2D eigenvalue weighted by molar-refractivity contribution is 7.13. The molecule has 1 aromatic carbocycles. The number of hydrogen-bond donors (Lipinski definition) is 4. The summed E-state index contributed by atoms with van der Waals surface area (Å²) in [5, 5.41) is 19.5. The predicted molar refractivity (Wildman–Crippen MR) is 208 cm³/mol. The van der Waals surface area contributed by atoms with E-state index >= 15 is 0 Å². The van der Waals surface area contributed by atoms with Gasteiger partial charge >= 0.3 is 6.09 Å². The molecule has 5 amide bonds. The molecule has 0 bridgehead atoms. The molecule has 0 saturated carbocycles. The topological polar surface area (TPSA) is 170 Å². The molecule has 5 atom stereocenters. The zero-order valence-electron chi connectivity index (χ0n) is 33.2. The molecule has 3 heterocycles. The number of nitrogens with one attached hydrogen (secondary N) is 3. The quantitative estimate of drug-likeness (QED) is 0.192. The van der Waals surface area contributed by atoms with Crippen LogP contribution in [0.15, 0.2) is 29.8 Å². The minimum atomic E-state index is -0.886. The van der Waals surface area contributed by atoms with Crippen LogP contribution in [0.1, 0.15) is 111 Å². The SMILES string of the molecule is Cc1ncsc1-c1ccc(C(C)NC(=O)[C@@H]2C[C@@H](O)CN2C(=O)C(NC(=O)CCCCCCNC(=O)[C@@H]2CCN(C(=O)OC(C)(C)C)C2)C(C)(C)C)cc1. The lowest BCUT2D eigenvalue weighted by Crippen LogP contribution is -2.57. The first-order valence-corrected chi connectivity index (χ1v) is 20.1. The van der Waals surface area contributed by atoms with Gasteiger partial charge in [0, 0.05) is 39.0 Å². The molecule has 4 N–H and O–H groups in total.